The summed E-state index contributed by atoms with van der Waals surface area (Å²) in [7, 11) is 0. The Morgan fingerprint density at radius 1 is 1.04 bits per heavy atom. The van der Waals surface area contributed by atoms with Gasteiger partial charge in [-0.05, 0) is 37.3 Å². The first-order valence-electron chi connectivity index (χ1n) is 9.83. The van der Waals surface area contributed by atoms with Crippen molar-refractivity contribution in [1.82, 2.24) is 9.97 Å². The van der Waals surface area contributed by atoms with Gasteiger partial charge in [-0.15, -0.1) is 0 Å². The highest BCUT2D eigenvalue weighted by molar-refractivity contribution is 5.45. The second kappa shape index (κ2) is 7.82. The minimum absolute atomic E-state index is 0.0610. The minimum atomic E-state index is -0.262. The smallest absolute Gasteiger partial charge is 0.227 e. The number of nitrogens with zero attached hydrogens (tertiary/aromatic N) is 4. The van der Waals surface area contributed by atoms with Gasteiger partial charge in [0.1, 0.15) is 5.82 Å². The highest BCUT2D eigenvalue weighted by Crippen LogP contribution is 2.36. The summed E-state index contributed by atoms with van der Waals surface area (Å²) in [5.41, 5.74) is 1.22. The Kier molecular flexibility index (Phi) is 5.27. The Bertz CT molecular complexity index is 747. The lowest BCUT2D eigenvalue weighted by Crippen LogP contribution is -2.44. The lowest BCUT2D eigenvalue weighted by Gasteiger charge is -2.41. The van der Waals surface area contributed by atoms with Gasteiger partial charge in [-0.2, -0.15) is 4.98 Å². The molecule has 0 bridgehead atoms. The van der Waals surface area contributed by atoms with Gasteiger partial charge in [0.2, 0.25) is 5.95 Å². The molecule has 2 fully saturated rings. The standard InChI is InChI=1S/C21H28N4O2/c26-16-21(14-17-4-2-1-3-5-17)8-12-24(13-9-21)20-22-10-6-19(23-20)25-11-7-18(27)15-25/h1-6,10,18,26-27H,7-9,11-16H2/t18-/m1/s1. The summed E-state index contributed by atoms with van der Waals surface area (Å²) in [6.07, 6.45) is 5.09. The van der Waals surface area contributed by atoms with Crippen molar-refractivity contribution in [2.45, 2.75) is 31.8 Å². The van der Waals surface area contributed by atoms with Crippen LogP contribution in [0.15, 0.2) is 42.6 Å². The number of anilines is 2. The number of aliphatic hydroxyl groups excluding tert-OH is 2. The van der Waals surface area contributed by atoms with Crippen molar-refractivity contribution < 1.29 is 10.2 Å². The predicted octanol–water partition coefficient (Wildman–Crippen LogP) is 1.87. The number of hydrogen-bond acceptors (Lipinski definition) is 6. The van der Waals surface area contributed by atoms with E-state index in [0.717, 1.165) is 57.1 Å². The number of aliphatic hydroxyl groups is 2. The van der Waals surface area contributed by atoms with Crippen LogP contribution in [0.5, 0.6) is 0 Å². The van der Waals surface area contributed by atoms with Gasteiger partial charge in [-0.1, -0.05) is 30.3 Å². The molecule has 6 heteroatoms. The van der Waals surface area contributed by atoms with E-state index in [-0.39, 0.29) is 18.1 Å². The highest BCUT2D eigenvalue weighted by atomic mass is 16.3. The summed E-state index contributed by atoms with van der Waals surface area (Å²) in [4.78, 5) is 13.5. The van der Waals surface area contributed by atoms with Crippen molar-refractivity contribution in [1.29, 1.82) is 0 Å². The summed E-state index contributed by atoms with van der Waals surface area (Å²) in [5, 5.41) is 19.9. The van der Waals surface area contributed by atoms with Crippen LogP contribution >= 0.6 is 0 Å². The molecule has 27 heavy (non-hydrogen) atoms. The van der Waals surface area contributed by atoms with Crippen LogP contribution in [-0.4, -0.2) is 59.1 Å². The van der Waals surface area contributed by atoms with Crippen molar-refractivity contribution in [2.24, 2.45) is 5.41 Å². The summed E-state index contributed by atoms with van der Waals surface area (Å²) >= 11 is 0. The van der Waals surface area contributed by atoms with Gasteiger partial charge in [-0.25, -0.2) is 4.98 Å². The number of benzene rings is 1. The van der Waals surface area contributed by atoms with E-state index in [0.29, 0.717) is 6.54 Å². The maximum absolute atomic E-state index is 10.1. The predicted molar refractivity (Wildman–Crippen MR) is 106 cm³/mol. The Labute approximate surface area is 160 Å². The number of piperidine rings is 1. The first kappa shape index (κ1) is 18.2. The Balaban J connectivity index is 1.42. The van der Waals surface area contributed by atoms with Crippen molar-refractivity contribution in [3.8, 4) is 0 Å². The number of hydrogen-bond donors (Lipinski definition) is 2. The lowest BCUT2D eigenvalue weighted by atomic mass is 9.74. The van der Waals surface area contributed by atoms with Crippen molar-refractivity contribution in [3.63, 3.8) is 0 Å². The topological polar surface area (TPSA) is 72.7 Å². The molecule has 0 unspecified atom stereocenters. The second-order valence-corrected chi connectivity index (χ2v) is 7.91. The van der Waals surface area contributed by atoms with Crippen LogP contribution in [0.3, 0.4) is 0 Å². The SMILES string of the molecule is OCC1(Cc2ccccc2)CCN(c2nccc(N3CC[C@@H](O)C3)n2)CC1. The van der Waals surface area contributed by atoms with Gasteiger partial charge in [0.15, 0.2) is 0 Å². The molecule has 2 N–H and O–H groups in total. The molecule has 1 aromatic heterocycles. The summed E-state index contributed by atoms with van der Waals surface area (Å²) in [6, 6.07) is 12.3. The van der Waals surface area contributed by atoms with E-state index in [1.165, 1.54) is 5.56 Å². The van der Waals surface area contributed by atoms with E-state index in [9.17, 15) is 10.2 Å². The van der Waals surface area contributed by atoms with E-state index in [4.69, 9.17) is 4.98 Å². The van der Waals surface area contributed by atoms with E-state index in [1.807, 2.05) is 12.1 Å². The van der Waals surface area contributed by atoms with E-state index in [2.05, 4.69) is 39.0 Å². The zero-order valence-corrected chi connectivity index (χ0v) is 15.7. The lowest BCUT2D eigenvalue weighted by molar-refractivity contribution is 0.0959. The van der Waals surface area contributed by atoms with Gasteiger partial charge >= 0.3 is 0 Å². The normalized spacial score (nSPS) is 22.2. The first-order valence-corrected chi connectivity index (χ1v) is 9.83. The van der Waals surface area contributed by atoms with Crippen LogP contribution in [0.1, 0.15) is 24.8 Å². The fourth-order valence-corrected chi connectivity index (χ4v) is 4.22. The molecular weight excluding hydrogens is 340 g/mol. The molecule has 1 aromatic carbocycles. The Morgan fingerprint density at radius 2 is 1.81 bits per heavy atom. The van der Waals surface area contributed by atoms with Crippen molar-refractivity contribution >= 4 is 11.8 Å². The molecule has 0 radical (unpaired) electrons. The third-order valence-corrected chi connectivity index (χ3v) is 5.98. The highest BCUT2D eigenvalue weighted by Gasteiger charge is 2.35. The summed E-state index contributed by atoms with van der Waals surface area (Å²) in [6.45, 7) is 3.38. The van der Waals surface area contributed by atoms with Crippen LogP contribution in [0.25, 0.3) is 0 Å². The minimum Gasteiger partial charge on any atom is -0.396 e. The molecule has 0 aliphatic carbocycles. The maximum Gasteiger partial charge on any atom is 0.227 e. The molecule has 0 spiro atoms. The summed E-state index contributed by atoms with van der Waals surface area (Å²) in [5.74, 6) is 1.64. The molecule has 1 atom stereocenters. The third-order valence-electron chi connectivity index (χ3n) is 5.98. The van der Waals surface area contributed by atoms with Gasteiger partial charge in [0.05, 0.1) is 6.10 Å². The van der Waals surface area contributed by atoms with E-state index >= 15 is 0 Å². The molecule has 144 valence electrons. The zero-order chi connectivity index (χ0) is 18.7. The van der Waals surface area contributed by atoms with Crippen LogP contribution in [0, 0.1) is 5.41 Å². The first-order chi connectivity index (χ1) is 13.2. The van der Waals surface area contributed by atoms with Crippen LogP contribution in [0.2, 0.25) is 0 Å². The molecule has 0 saturated carbocycles. The summed E-state index contributed by atoms with van der Waals surface area (Å²) < 4.78 is 0. The average molecular weight is 368 g/mol. The quantitative estimate of drug-likeness (QED) is 0.839. The van der Waals surface area contributed by atoms with Gasteiger partial charge in [-0.3, -0.25) is 0 Å². The maximum atomic E-state index is 10.1. The van der Waals surface area contributed by atoms with Crippen LogP contribution in [-0.2, 0) is 6.42 Å². The Morgan fingerprint density at radius 3 is 2.48 bits per heavy atom. The fourth-order valence-electron chi connectivity index (χ4n) is 4.22. The molecule has 0 amide bonds. The molecule has 2 saturated heterocycles. The molecular formula is C21H28N4O2. The largest absolute Gasteiger partial charge is 0.396 e. The molecule has 4 rings (SSSR count). The van der Waals surface area contributed by atoms with E-state index < -0.39 is 0 Å². The zero-order valence-electron chi connectivity index (χ0n) is 15.7. The number of aromatic nitrogens is 2. The molecule has 2 aliphatic heterocycles. The number of β-amino-alcohol motifs (C(OH)–C–C–N with tert-alkyl or cyclic N) is 1. The van der Waals surface area contributed by atoms with Gasteiger partial charge < -0.3 is 20.0 Å². The van der Waals surface area contributed by atoms with Crippen LogP contribution in [0.4, 0.5) is 11.8 Å². The third kappa shape index (κ3) is 4.06. The second-order valence-electron chi connectivity index (χ2n) is 7.91. The fraction of sp³-hybridized carbons (Fsp3) is 0.524. The Hall–Kier alpha value is -2.18. The molecule has 2 aliphatic rings. The van der Waals surface area contributed by atoms with Gasteiger partial charge in [0, 0.05) is 44.4 Å². The molecule has 6 nitrogen and oxygen atoms in total. The number of rotatable bonds is 5. The average Bonchev–Trinajstić information content (AvgIpc) is 3.16. The molecule has 3 heterocycles. The van der Waals surface area contributed by atoms with Crippen molar-refractivity contribution in [3.05, 3.63) is 48.2 Å². The van der Waals surface area contributed by atoms with E-state index in [1.54, 1.807) is 6.20 Å². The van der Waals surface area contributed by atoms with Crippen LogP contribution < -0.4 is 9.80 Å². The monoisotopic (exact) mass is 368 g/mol. The van der Waals surface area contributed by atoms with Crippen molar-refractivity contribution in [2.75, 3.05) is 42.6 Å². The van der Waals surface area contributed by atoms with Gasteiger partial charge in [0.25, 0.3) is 0 Å². The molecule has 2 aromatic rings.